The fraction of sp³-hybridized carbons (Fsp3) is 0.500. The first-order valence-corrected chi connectivity index (χ1v) is 7.98. The van der Waals surface area contributed by atoms with E-state index >= 15 is 0 Å². The van der Waals surface area contributed by atoms with Crippen LogP contribution in [0, 0.1) is 0 Å². The van der Waals surface area contributed by atoms with Crippen molar-refractivity contribution in [2.75, 3.05) is 13.2 Å². The van der Waals surface area contributed by atoms with Crippen LogP contribution in [0.15, 0.2) is 11.6 Å². The molecule has 1 fully saturated rings. The molecule has 1 aliphatic rings. The van der Waals surface area contributed by atoms with Gasteiger partial charge < -0.3 is 10.1 Å². The minimum absolute atomic E-state index is 0.114. The first-order valence-electron chi connectivity index (χ1n) is 7.10. The standard InChI is InChI=1S/C14H18N4O2S/c1-2-12-17-10(8-21-12)5-15-14(19)11-6-16-18-13(11)9-3-4-20-7-9/h6,8-9H,2-5,7H2,1H3,(H,15,19)(H,16,18)/t9-/m0/s1. The largest absolute Gasteiger partial charge is 0.381 e. The van der Waals surface area contributed by atoms with Crippen LogP contribution in [-0.2, 0) is 17.7 Å². The third-order valence-electron chi connectivity index (χ3n) is 3.58. The summed E-state index contributed by atoms with van der Waals surface area (Å²) in [4.78, 5) is 16.7. The van der Waals surface area contributed by atoms with Gasteiger partial charge in [0.25, 0.3) is 5.91 Å². The van der Waals surface area contributed by atoms with Gasteiger partial charge in [-0.2, -0.15) is 5.10 Å². The Kier molecular flexibility index (Phi) is 4.31. The van der Waals surface area contributed by atoms with Gasteiger partial charge in [-0.05, 0) is 12.8 Å². The molecule has 0 radical (unpaired) electrons. The Hall–Kier alpha value is -1.73. The summed E-state index contributed by atoms with van der Waals surface area (Å²) in [6.07, 6.45) is 3.43. The second-order valence-electron chi connectivity index (χ2n) is 5.03. The van der Waals surface area contributed by atoms with E-state index in [1.807, 2.05) is 5.38 Å². The second-order valence-corrected chi connectivity index (χ2v) is 5.97. The molecule has 0 unspecified atom stereocenters. The van der Waals surface area contributed by atoms with Crippen molar-refractivity contribution in [1.29, 1.82) is 0 Å². The number of H-pyrrole nitrogens is 1. The van der Waals surface area contributed by atoms with Gasteiger partial charge >= 0.3 is 0 Å². The maximum atomic E-state index is 12.3. The average molecular weight is 306 g/mol. The lowest BCUT2D eigenvalue weighted by Gasteiger charge is -2.08. The van der Waals surface area contributed by atoms with Crippen molar-refractivity contribution < 1.29 is 9.53 Å². The van der Waals surface area contributed by atoms with Gasteiger partial charge in [-0.15, -0.1) is 11.3 Å². The van der Waals surface area contributed by atoms with Crippen molar-refractivity contribution in [2.24, 2.45) is 0 Å². The van der Waals surface area contributed by atoms with Crippen molar-refractivity contribution >= 4 is 17.2 Å². The molecule has 0 saturated carbocycles. The van der Waals surface area contributed by atoms with E-state index in [9.17, 15) is 4.79 Å². The number of rotatable bonds is 5. The highest BCUT2D eigenvalue weighted by Gasteiger charge is 2.25. The lowest BCUT2D eigenvalue weighted by atomic mass is 10.0. The first kappa shape index (κ1) is 14.2. The lowest BCUT2D eigenvalue weighted by molar-refractivity contribution is 0.0949. The molecule has 3 heterocycles. The third kappa shape index (κ3) is 3.14. The Labute approximate surface area is 126 Å². The number of thiazole rings is 1. The van der Waals surface area contributed by atoms with Crippen LogP contribution in [0.25, 0.3) is 0 Å². The summed E-state index contributed by atoms with van der Waals surface area (Å²) < 4.78 is 5.37. The number of carbonyl (C=O) groups is 1. The summed E-state index contributed by atoms with van der Waals surface area (Å²) in [5.41, 5.74) is 2.38. The fourth-order valence-corrected chi connectivity index (χ4v) is 3.15. The summed E-state index contributed by atoms with van der Waals surface area (Å²) in [5, 5.41) is 12.9. The van der Waals surface area contributed by atoms with Crippen LogP contribution >= 0.6 is 11.3 Å². The number of hydrogen-bond donors (Lipinski definition) is 2. The molecule has 1 atom stereocenters. The van der Waals surface area contributed by atoms with E-state index < -0.39 is 0 Å². The molecule has 2 aromatic rings. The zero-order valence-corrected chi connectivity index (χ0v) is 12.7. The van der Waals surface area contributed by atoms with Gasteiger partial charge in [0.15, 0.2) is 0 Å². The molecule has 0 bridgehead atoms. The number of carbonyl (C=O) groups excluding carboxylic acids is 1. The molecule has 2 aromatic heterocycles. The normalized spacial score (nSPS) is 18.0. The summed E-state index contributed by atoms with van der Waals surface area (Å²) in [6.45, 7) is 3.90. The second kappa shape index (κ2) is 6.36. The average Bonchev–Trinajstić information content (AvgIpc) is 3.24. The minimum Gasteiger partial charge on any atom is -0.381 e. The molecular formula is C14H18N4O2S. The number of nitrogens with one attached hydrogen (secondary N) is 2. The molecule has 3 rings (SSSR count). The van der Waals surface area contributed by atoms with Crippen LogP contribution in [0.4, 0.5) is 0 Å². The lowest BCUT2D eigenvalue weighted by Crippen LogP contribution is -2.24. The molecule has 1 aliphatic heterocycles. The summed E-state index contributed by atoms with van der Waals surface area (Å²) >= 11 is 1.62. The van der Waals surface area contributed by atoms with E-state index in [2.05, 4.69) is 27.4 Å². The van der Waals surface area contributed by atoms with E-state index in [0.717, 1.165) is 35.8 Å². The van der Waals surface area contributed by atoms with Gasteiger partial charge in [0, 0.05) is 17.9 Å². The zero-order chi connectivity index (χ0) is 14.7. The highest BCUT2D eigenvalue weighted by atomic mass is 32.1. The van der Waals surface area contributed by atoms with Crippen LogP contribution in [0.5, 0.6) is 0 Å². The smallest absolute Gasteiger partial charge is 0.255 e. The molecule has 0 aliphatic carbocycles. The number of hydrogen-bond acceptors (Lipinski definition) is 5. The van der Waals surface area contributed by atoms with Crippen molar-refractivity contribution in [3.8, 4) is 0 Å². The predicted molar refractivity (Wildman–Crippen MR) is 79.4 cm³/mol. The number of amides is 1. The van der Waals surface area contributed by atoms with Crippen LogP contribution < -0.4 is 5.32 Å². The summed E-state index contributed by atoms with van der Waals surface area (Å²) in [5.74, 6) is 0.121. The first-order chi connectivity index (χ1) is 10.3. The van der Waals surface area contributed by atoms with Gasteiger partial charge in [-0.1, -0.05) is 6.92 Å². The Morgan fingerprint density at radius 2 is 2.52 bits per heavy atom. The topological polar surface area (TPSA) is 79.9 Å². The molecule has 112 valence electrons. The monoisotopic (exact) mass is 306 g/mol. The number of ether oxygens (including phenoxy) is 1. The number of aromatic amines is 1. The van der Waals surface area contributed by atoms with E-state index in [1.165, 1.54) is 0 Å². The Morgan fingerprint density at radius 3 is 3.24 bits per heavy atom. The SMILES string of the molecule is CCc1nc(CNC(=O)c2cn[nH]c2[C@H]2CCOC2)cs1. The highest BCUT2D eigenvalue weighted by Crippen LogP contribution is 2.26. The summed E-state index contributed by atoms with van der Waals surface area (Å²) in [6, 6.07) is 0. The molecule has 1 saturated heterocycles. The van der Waals surface area contributed by atoms with E-state index in [-0.39, 0.29) is 11.8 Å². The van der Waals surface area contributed by atoms with Crippen molar-refractivity contribution in [2.45, 2.75) is 32.2 Å². The molecule has 7 heteroatoms. The Balaban J connectivity index is 1.64. The third-order valence-corrected chi connectivity index (χ3v) is 4.63. The number of nitrogens with zero attached hydrogens (tertiary/aromatic N) is 2. The number of aromatic nitrogens is 3. The van der Waals surface area contributed by atoms with Crippen molar-refractivity contribution in [3.05, 3.63) is 33.5 Å². The van der Waals surface area contributed by atoms with E-state index in [1.54, 1.807) is 17.5 Å². The van der Waals surface area contributed by atoms with Crippen LogP contribution in [0.2, 0.25) is 0 Å². The van der Waals surface area contributed by atoms with Gasteiger partial charge in [-0.3, -0.25) is 9.89 Å². The molecule has 2 N–H and O–H groups in total. The quantitative estimate of drug-likeness (QED) is 0.883. The molecule has 0 aromatic carbocycles. The van der Waals surface area contributed by atoms with Crippen molar-refractivity contribution in [3.63, 3.8) is 0 Å². The summed E-state index contributed by atoms with van der Waals surface area (Å²) in [7, 11) is 0. The highest BCUT2D eigenvalue weighted by molar-refractivity contribution is 7.09. The minimum atomic E-state index is -0.114. The van der Waals surface area contributed by atoms with E-state index in [0.29, 0.717) is 18.7 Å². The van der Waals surface area contributed by atoms with Gasteiger partial charge in [-0.25, -0.2) is 4.98 Å². The Bertz CT molecular complexity index is 616. The van der Waals surface area contributed by atoms with Gasteiger partial charge in [0.1, 0.15) is 0 Å². The van der Waals surface area contributed by atoms with Crippen LogP contribution in [0.1, 0.15) is 46.0 Å². The van der Waals surface area contributed by atoms with Gasteiger partial charge in [0.2, 0.25) is 0 Å². The fourth-order valence-electron chi connectivity index (χ4n) is 2.41. The van der Waals surface area contributed by atoms with Gasteiger partial charge in [0.05, 0.1) is 41.3 Å². The van der Waals surface area contributed by atoms with Crippen LogP contribution in [0.3, 0.4) is 0 Å². The van der Waals surface area contributed by atoms with Crippen molar-refractivity contribution in [1.82, 2.24) is 20.5 Å². The van der Waals surface area contributed by atoms with E-state index in [4.69, 9.17) is 4.74 Å². The molecule has 6 nitrogen and oxygen atoms in total. The maximum absolute atomic E-state index is 12.3. The maximum Gasteiger partial charge on any atom is 0.255 e. The molecule has 0 spiro atoms. The zero-order valence-electron chi connectivity index (χ0n) is 11.9. The molecule has 21 heavy (non-hydrogen) atoms. The Morgan fingerprint density at radius 1 is 1.62 bits per heavy atom. The predicted octanol–water partition coefficient (Wildman–Crippen LogP) is 1.86. The molecule has 1 amide bonds. The molecular weight excluding hydrogens is 288 g/mol. The number of aryl methyl sites for hydroxylation is 1. The van der Waals surface area contributed by atoms with Crippen LogP contribution in [-0.4, -0.2) is 34.3 Å².